The minimum atomic E-state index is -0.0738. The molecule has 0 atom stereocenters. The third-order valence-corrected chi connectivity index (χ3v) is 5.61. The molecule has 0 unspecified atom stereocenters. The Morgan fingerprint density at radius 2 is 1.93 bits per heavy atom. The summed E-state index contributed by atoms with van der Waals surface area (Å²) in [7, 11) is 1.91. The summed E-state index contributed by atoms with van der Waals surface area (Å²) in [6, 6.07) is 15.4. The minimum absolute atomic E-state index is 0.0738. The number of aromatic nitrogens is 4. The first-order valence-electron chi connectivity index (χ1n) is 10.0. The summed E-state index contributed by atoms with van der Waals surface area (Å²) in [5.41, 5.74) is 2.73. The molecule has 0 bridgehead atoms. The molecule has 1 saturated heterocycles. The number of nitrogens with zero attached hydrogens (tertiary/aromatic N) is 5. The van der Waals surface area contributed by atoms with Crippen LogP contribution in [-0.4, -0.2) is 43.9 Å². The summed E-state index contributed by atoms with van der Waals surface area (Å²) >= 11 is 0. The van der Waals surface area contributed by atoms with Gasteiger partial charge in [-0.05, 0) is 31.0 Å². The Balaban J connectivity index is 1.24. The Kier molecular flexibility index (Phi) is 4.66. The second-order valence-electron chi connectivity index (χ2n) is 7.56. The number of aryl methyl sites for hydroxylation is 1. The number of rotatable bonds is 3. The summed E-state index contributed by atoms with van der Waals surface area (Å²) in [4.78, 5) is 18.9. The highest BCUT2D eigenvalue weighted by Crippen LogP contribution is 2.29. The number of benzene rings is 2. The average molecular weight is 402 g/mol. The SMILES string of the molecule is Cn1ncc2ccc(-c3noc(C4CCN(C(=O)Nc5ccccc5)CC4)n3)cc21. The number of amides is 2. The molecule has 152 valence electrons. The highest BCUT2D eigenvalue weighted by molar-refractivity contribution is 5.89. The number of likely N-dealkylation sites (tertiary alicyclic amines) is 1. The normalized spacial score (nSPS) is 14.9. The molecule has 2 aromatic carbocycles. The van der Waals surface area contributed by atoms with E-state index in [-0.39, 0.29) is 11.9 Å². The molecule has 2 amide bonds. The summed E-state index contributed by atoms with van der Waals surface area (Å²) < 4.78 is 7.40. The van der Waals surface area contributed by atoms with E-state index < -0.39 is 0 Å². The lowest BCUT2D eigenvalue weighted by Crippen LogP contribution is -2.40. The first kappa shape index (κ1) is 18.4. The van der Waals surface area contributed by atoms with Crippen molar-refractivity contribution in [1.82, 2.24) is 24.8 Å². The van der Waals surface area contributed by atoms with E-state index >= 15 is 0 Å². The average Bonchev–Trinajstić information content (AvgIpc) is 3.42. The van der Waals surface area contributed by atoms with Crippen LogP contribution in [0.2, 0.25) is 0 Å². The van der Waals surface area contributed by atoms with E-state index in [9.17, 15) is 4.79 Å². The van der Waals surface area contributed by atoms with Gasteiger partial charge in [-0.1, -0.05) is 35.5 Å². The molecule has 1 aliphatic heterocycles. The molecule has 0 radical (unpaired) electrons. The molecule has 0 spiro atoms. The zero-order chi connectivity index (χ0) is 20.5. The summed E-state index contributed by atoms with van der Waals surface area (Å²) in [6.45, 7) is 1.31. The zero-order valence-corrected chi connectivity index (χ0v) is 16.7. The number of nitrogens with one attached hydrogen (secondary N) is 1. The summed E-state index contributed by atoms with van der Waals surface area (Å²) in [5, 5.41) is 12.5. The van der Waals surface area contributed by atoms with Crippen LogP contribution in [0, 0.1) is 0 Å². The number of hydrogen-bond donors (Lipinski definition) is 1. The zero-order valence-electron chi connectivity index (χ0n) is 16.7. The van der Waals surface area contributed by atoms with Crippen LogP contribution >= 0.6 is 0 Å². The van der Waals surface area contributed by atoms with E-state index in [4.69, 9.17) is 4.52 Å². The quantitative estimate of drug-likeness (QED) is 0.559. The second kappa shape index (κ2) is 7.62. The molecule has 8 heteroatoms. The van der Waals surface area contributed by atoms with E-state index in [1.165, 1.54) is 0 Å². The molecule has 4 aromatic rings. The lowest BCUT2D eigenvalue weighted by Gasteiger charge is -2.30. The maximum atomic E-state index is 12.5. The Morgan fingerprint density at radius 1 is 1.13 bits per heavy atom. The van der Waals surface area contributed by atoms with Crippen LogP contribution in [0.25, 0.3) is 22.3 Å². The molecule has 8 nitrogen and oxygen atoms in total. The lowest BCUT2D eigenvalue weighted by atomic mass is 9.97. The maximum Gasteiger partial charge on any atom is 0.321 e. The standard InChI is InChI=1S/C22H22N6O2/c1-27-19-13-16(7-8-17(19)14-23-27)20-25-21(30-26-20)15-9-11-28(12-10-15)22(29)24-18-5-3-2-4-6-18/h2-8,13-15H,9-12H2,1H3,(H,24,29). The fourth-order valence-corrected chi connectivity index (χ4v) is 3.86. The fraction of sp³-hybridized carbons (Fsp3) is 0.273. The molecule has 0 aliphatic carbocycles. The fourth-order valence-electron chi connectivity index (χ4n) is 3.86. The highest BCUT2D eigenvalue weighted by atomic mass is 16.5. The van der Waals surface area contributed by atoms with Crippen molar-refractivity contribution < 1.29 is 9.32 Å². The topological polar surface area (TPSA) is 89.1 Å². The molecular formula is C22H22N6O2. The van der Waals surface area contributed by atoms with Gasteiger partial charge in [0.05, 0.1) is 11.7 Å². The van der Waals surface area contributed by atoms with Crippen LogP contribution in [0.5, 0.6) is 0 Å². The van der Waals surface area contributed by atoms with Gasteiger partial charge in [0.1, 0.15) is 0 Å². The van der Waals surface area contributed by atoms with Crippen molar-refractivity contribution in [3.8, 4) is 11.4 Å². The monoisotopic (exact) mass is 402 g/mol. The number of carbonyl (C=O) groups is 1. The van der Waals surface area contributed by atoms with Gasteiger partial charge in [-0.2, -0.15) is 10.1 Å². The van der Waals surface area contributed by atoms with Crippen molar-refractivity contribution in [3.63, 3.8) is 0 Å². The second-order valence-corrected chi connectivity index (χ2v) is 7.56. The van der Waals surface area contributed by atoms with Gasteiger partial charge in [0.25, 0.3) is 0 Å². The van der Waals surface area contributed by atoms with Gasteiger partial charge in [-0.25, -0.2) is 4.79 Å². The molecule has 3 heterocycles. The van der Waals surface area contributed by atoms with Gasteiger partial charge in [0.15, 0.2) is 0 Å². The van der Waals surface area contributed by atoms with E-state index in [1.807, 2.05) is 71.4 Å². The van der Waals surface area contributed by atoms with Gasteiger partial charge in [-0.3, -0.25) is 4.68 Å². The minimum Gasteiger partial charge on any atom is -0.339 e. The van der Waals surface area contributed by atoms with E-state index in [0.29, 0.717) is 24.8 Å². The molecule has 30 heavy (non-hydrogen) atoms. The van der Waals surface area contributed by atoms with Crippen LogP contribution in [0.3, 0.4) is 0 Å². The van der Waals surface area contributed by atoms with Crippen LogP contribution in [0.4, 0.5) is 10.5 Å². The van der Waals surface area contributed by atoms with Gasteiger partial charge in [0, 0.05) is 42.7 Å². The summed E-state index contributed by atoms with van der Waals surface area (Å²) in [6.07, 6.45) is 3.43. The first-order valence-corrected chi connectivity index (χ1v) is 10.0. The number of urea groups is 1. The van der Waals surface area contributed by atoms with Crippen molar-refractivity contribution in [3.05, 3.63) is 60.6 Å². The highest BCUT2D eigenvalue weighted by Gasteiger charge is 2.27. The summed E-state index contributed by atoms with van der Waals surface area (Å²) in [5.74, 6) is 1.38. The van der Waals surface area contributed by atoms with Gasteiger partial charge in [-0.15, -0.1) is 0 Å². The predicted octanol–water partition coefficient (Wildman–Crippen LogP) is 4.03. The van der Waals surface area contributed by atoms with Crippen molar-refractivity contribution in [1.29, 1.82) is 0 Å². The van der Waals surface area contributed by atoms with Gasteiger partial charge in [0.2, 0.25) is 11.7 Å². The first-order chi connectivity index (χ1) is 14.7. The van der Waals surface area contributed by atoms with E-state index in [2.05, 4.69) is 20.6 Å². The lowest BCUT2D eigenvalue weighted by molar-refractivity contribution is 0.187. The van der Waals surface area contributed by atoms with Gasteiger partial charge < -0.3 is 14.7 Å². The Morgan fingerprint density at radius 3 is 2.73 bits per heavy atom. The van der Waals surface area contributed by atoms with Crippen molar-refractivity contribution >= 4 is 22.6 Å². The van der Waals surface area contributed by atoms with Crippen LogP contribution < -0.4 is 5.32 Å². The van der Waals surface area contributed by atoms with Gasteiger partial charge >= 0.3 is 6.03 Å². The number of carbonyl (C=O) groups excluding carboxylic acids is 1. The molecule has 5 rings (SSSR count). The Hall–Kier alpha value is -3.68. The largest absolute Gasteiger partial charge is 0.339 e. The molecule has 2 aromatic heterocycles. The van der Waals surface area contributed by atoms with Crippen LogP contribution in [-0.2, 0) is 7.05 Å². The van der Waals surface area contributed by atoms with E-state index in [1.54, 1.807) is 0 Å². The molecular weight excluding hydrogens is 380 g/mol. The molecule has 1 aliphatic rings. The smallest absolute Gasteiger partial charge is 0.321 e. The third-order valence-electron chi connectivity index (χ3n) is 5.61. The number of para-hydroxylation sites is 1. The van der Waals surface area contributed by atoms with Crippen molar-refractivity contribution in [2.45, 2.75) is 18.8 Å². The number of hydrogen-bond acceptors (Lipinski definition) is 5. The van der Waals surface area contributed by atoms with Crippen LogP contribution in [0.1, 0.15) is 24.7 Å². The van der Waals surface area contributed by atoms with E-state index in [0.717, 1.165) is 35.0 Å². The third kappa shape index (κ3) is 3.52. The Bertz CT molecular complexity index is 1170. The maximum absolute atomic E-state index is 12.5. The predicted molar refractivity (Wildman–Crippen MR) is 113 cm³/mol. The number of anilines is 1. The molecule has 1 N–H and O–H groups in total. The number of fused-ring (bicyclic) bond motifs is 1. The number of piperidine rings is 1. The van der Waals surface area contributed by atoms with Crippen LogP contribution in [0.15, 0.2) is 59.3 Å². The molecule has 1 fully saturated rings. The Labute approximate surface area is 173 Å². The molecule has 0 saturated carbocycles. The van der Waals surface area contributed by atoms with Crippen molar-refractivity contribution in [2.75, 3.05) is 18.4 Å². The van der Waals surface area contributed by atoms with Crippen molar-refractivity contribution in [2.24, 2.45) is 7.05 Å².